The Kier molecular flexibility index (Phi) is 7.83. The van der Waals surface area contributed by atoms with E-state index in [9.17, 15) is 9.59 Å². The number of hydrogen-bond acceptors (Lipinski definition) is 5. The van der Waals surface area contributed by atoms with Crippen LogP contribution in [0.2, 0.25) is 0 Å². The molecule has 2 aromatic carbocycles. The molecule has 198 valence electrons. The summed E-state index contributed by atoms with van der Waals surface area (Å²) in [5.74, 6) is -0.420. The van der Waals surface area contributed by atoms with E-state index in [0.29, 0.717) is 26.1 Å². The average molecular weight is 515 g/mol. The summed E-state index contributed by atoms with van der Waals surface area (Å²) < 4.78 is 9.22. The Morgan fingerprint density at radius 1 is 1.13 bits per heavy atom. The summed E-state index contributed by atoms with van der Waals surface area (Å²) in [5, 5.41) is 11.5. The minimum atomic E-state index is -0.803. The van der Waals surface area contributed by atoms with Crippen molar-refractivity contribution in [1.29, 1.82) is 0 Å². The topological polar surface area (TPSA) is 94.3 Å². The van der Waals surface area contributed by atoms with Crippen LogP contribution >= 0.6 is 0 Å². The molecule has 38 heavy (non-hydrogen) atoms. The highest BCUT2D eigenvalue weighted by atomic mass is 16.5. The van der Waals surface area contributed by atoms with Gasteiger partial charge < -0.3 is 19.5 Å². The number of carbonyl (C=O) groups excluding carboxylic acids is 2. The maximum atomic E-state index is 14.0. The molecule has 9 nitrogen and oxygen atoms in total. The predicted octanol–water partition coefficient (Wildman–Crippen LogP) is 3.19. The van der Waals surface area contributed by atoms with Crippen molar-refractivity contribution < 1.29 is 14.3 Å². The van der Waals surface area contributed by atoms with Crippen LogP contribution in [0, 0.1) is 6.92 Å². The van der Waals surface area contributed by atoms with Crippen molar-refractivity contribution in [3.8, 4) is 0 Å². The van der Waals surface area contributed by atoms with Gasteiger partial charge in [0.2, 0.25) is 11.8 Å². The Bertz CT molecular complexity index is 1400. The van der Waals surface area contributed by atoms with Gasteiger partial charge in [0.15, 0.2) is 6.04 Å². The second kappa shape index (κ2) is 11.6. The SMILES string of the molecule is Cc1ccccc1CCN(C(=O)Cn1nnc2ccccc21)[C@@H](C(=O)NC[C@@H]1CCCO1)c1cccn1C. The van der Waals surface area contributed by atoms with E-state index in [1.165, 1.54) is 0 Å². The fourth-order valence-corrected chi connectivity index (χ4v) is 5.09. The number of nitrogens with one attached hydrogen (secondary N) is 1. The molecule has 0 aliphatic carbocycles. The number of hydrogen-bond donors (Lipinski definition) is 1. The maximum Gasteiger partial charge on any atom is 0.249 e. The molecule has 0 saturated carbocycles. The molecule has 2 amide bonds. The van der Waals surface area contributed by atoms with Gasteiger partial charge in [-0.2, -0.15) is 0 Å². The third-order valence-electron chi connectivity index (χ3n) is 7.26. The molecule has 1 fully saturated rings. The number of benzene rings is 2. The summed E-state index contributed by atoms with van der Waals surface area (Å²) >= 11 is 0. The second-order valence-corrected chi connectivity index (χ2v) is 9.83. The quantitative estimate of drug-likeness (QED) is 0.351. The zero-order valence-corrected chi connectivity index (χ0v) is 21.9. The van der Waals surface area contributed by atoms with Crippen LogP contribution < -0.4 is 5.32 Å². The molecule has 2 atom stereocenters. The normalized spacial score (nSPS) is 16.0. The van der Waals surface area contributed by atoms with Crippen LogP contribution in [-0.4, -0.2) is 62.1 Å². The molecule has 1 aliphatic heterocycles. The van der Waals surface area contributed by atoms with Gasteiger partial charge in [0.25, 0.3) is 0 Å². The van der Waals surface area contributed by atoms with Crippen molar-refractivity contribution in [3.63, 3.8) is 0 Å². The summed E-state index contributed by atoms with van der Waals surface area (Å²) in [5.41, 5.74) is 4.54. The summed E-state index contributed by atoms with van der Waals surface area (Å²) in [4.78, 5) is 29.5. The molecule has 5 rings (SSSR count). The number of para-hydroxylation sites is 1. The minimum Gasteiger partial charge on any atom is -0.376 e. The minimum absolute atomic E-state index is 0.00523. The Labute approximate surface area is 222 Å². The number of aromatic nitrogens is 4. The van der Waals surface area contributed by atoms with Gasteiger partial charge in [-0.25, -0.2) is 4.68 Å². The number of amides is 2. The number of fused-ring (bicyclic) bond motifs is 1. The monoisotopic (exact) mass is 514 g/mol. The molecule has 1 N–H and O–H groups in total. The summed E-state index contributed by atoms with van der Waals surface area (Å²) in [7, 11) is 1.89. The highest BCUT2D eigenvalue weighted by molar-refractivity contribution is 5.89. The van der Waals surface area contributed by atoms with Gasteiger partial charge in [-0.1, -0.05) is 41.6 Å². The summed E-state index contributed by atoms with van der Waals surface area (Å²) in [6, 6.07) is 18.7. The van der Waals surface area contributed by atoms with Crippen molar-refractivity contribution in [3.05, 3.63) is 83.7 Å². The van der Waals surface area contributed by atoms with Crippen LogP contribution in [0.15, 0.2) is 66.9 Å². The van der Waals surface area contributed by atoms with Crippen LogP contribution in [0.1, 0.15) is 35.7 Å². The molecule has 0 unspecified atom stereocenters. The summed E-state index contributed by atoms with van der Waals surface area (Å²) in [6.45, 7) is 3.56. The molecule has 1 saturated heterocycles. The first-order valence-corrected chi connectivity index (χ1v) is 13.1. The number of rotatable bonds is 10. The van der Waals surface area contributed by atoms with Crippen LogP contribution in [0.3, 0.4) is 0 Å². The second-order valence-electron chi connectivity index (χ2n) is 9.83. The molecule has 2 aromatic heterocycles. The van der Waals surface area contributed by atoms with E-state index < -0.39 is 6.04 Å². The van der Waals surface area contributed by atoms with Gasteiger partial charge in [-0.3, -0.25) is 9.59 Å². The highest BCUT2D eigenvalue weighted by Crippen LogP contribution is 2.24. The van der Waals surface area contributed by atoms with Crippen molar-refractivity contribution in [1.82, 2.24) is 29.8 Å². The lowest BCUT2D eigenvalue weighted by atomic mass is 10.0. The lowest BCUT2D eigenvalue weighted by Gasteiger charge is -2.32. The Balaban J connectivity index is 1.46. The average Bonchev–Trinajstić information content (AvgIpc) is 3.68. The third-order valence-corrected chi connectivity index (χ3v) is 7.26. The van der Waals surface area contributed by atoms with E-state index >= 15 is 0 Å². The van der Waals surface area contributed by atoms with Crippen LogP contribution in [0.25, 0.3) is 11.0 Å². The molecular weight excluding hydrogens is 480 g/mol. The van der Waals surface area contributed by atoms with Gasteiger partial charge in [0, 0.05) is 38.6 Å². The molecule has 0 spiro atoms. The van der Waals surface area contributed by atoms with Crippen LogP contribution in [0.4, 0.5) is 0 Å². The van der Waals surface area contributed by atoms with Crippen LogP contribution in [0.5, 0.6) is 0 Å². The van der Waals surface area contributed by atoms with Crippen molar-refractivity contribution in [2.24, 2.45) is 7.05 Å². The van der Waals surface area contributed by atoms with Crippen LogP contribution in [-0.2, 0) is 34.3 Å². The summed E-state index contributed by atoms with van der Waals surface area (Å²) in [6.07, 6.45) is 4.44. The van der Waals surface area contributed by atoms with Gasteiger partial charge >= 0.3 is 0 Å². The molecular formula is C29H34N6O3. The van der Waals surface area contributed by atoms with E-state index in [4.69, 9.17) is 4.74 Å². The molecule has 0 radical (unpaired) electrons. The first-order chi connectivity index (χ1) is 18.5. The zero-order chi connectivity index (χ0) is 26.5. The van der Waals surface area contributed by atoms with E-state index in [2.05, 4.69) is 34.7 Å². The third kappa shape index (κ3) is 5.62. The van der Waals surface area contributed by atoms with Gasteiger partial charge in [-0.05, 0) is 61.6 Å². The lowest BCUT2D eigenvalue weighted by molar-refractivity contribution is -0.141. The van der Waals surface area contributed by atoms with Gasteiger partial charge in [-0.15, -0.1) is 5.10 Å². The maximum absolute atomic E-state index is 14.0. The molecule has 9 heteroatoms. The van der Waals surface area contributed by atoms with Crippen molar-refractivity contribution in [2.45, 2.75) is 44.9 Å². The fraction of sp³-hybridized carbons (Fsp3) is 0.379. The Morgan fingerprint density at radius 2 is 1.95 bits per heavy atom. The molecule has 0 bridgehead atoms. The molecule has 1 aliphatic rings. The number of aryl methyl sites for hydroxylation is 2. The van der Waals surface area contributed by atoms with E-state index in [1.54, 1.807) is 9.58 Å². The molecule has 3 heterocycles. The van der Waals surface area contributed by atoms with Gasteiger partial charge in [0.1, 0.15) is 12.1 Å². The number of ether oxygens (including phenoxy) is 1. The standard InChI is InChI=1S/C29H34N6O3/c1-21-9-3-4-10-22(21)15-17-34(27(36)20-35-25-13-6-5-12-24(25)31-32-35)28(26-14-7-16-33(26)2)29(37)30-19-23-11-8-18-38-23/h3-7,9-10,12-14,16,23,28H,8,11,15,17-20H2,1-2H3,(H,30,37)/t23-,28+/m0/s1. The number of nitrogens with zero attached hydrogens (tertiary/aromatic N) is 5. The first kappa shape index (κ1) is 25.7. The predicted molar refractivity (Wildman–Crippen MR) is 144 cm³/mol. The first-order valence-electron chi connectivity index (χ1n) is 13.1. The Hall–Kier alpha value is -3.98. The van der Waals surface area contributed by atoms with Crippen molar-refractivity contribution in [2.75, 3.05) is 19.7 Å². The lowest BCUT2D eigenvalue weighted by Crippen LogP contribution is -2.47. The van der Waals surface area contributed by atoms with Crippen molar-refractivity contribution >= 4 is 22.8 Å². The Morgan fingerprint density at radius 3 is 2.71 bits per heavy atom. The van der Waals surface area contributed by atoms with E-state index in [-0.39, 0.29) is 24.5 Å². The smallest absolute Gasteiger partial charge is 0.249 e. The number of carbonyl (C=O) groups is 2. The largest absolute Gasteiger partial charge is 0.376 e. The fourth-order valence-electron chi connectivity index (χ4n) is 5.09. The van der Waals surface area contributed by atoms with E-state index in [0.717, 1.165) is 40.7 Å². The molecule has 4 aromatic rings. The highest BCUT2D eigenvalue weighted by Gasteiger charge is 2.34. The van der Waals surface area contributed by atoms with E-state index in [1.807, 2.05) is 66.3 Å². The van der Waals surface area contributed by atoms with Gasteiger partial charge in [0.05, 0.1) is 11.6 Å². The zero-order valence-electron chi connectivity index (χ0n) is 21.9.